The minimum atomic E-state index is 0.111. The van der Waals surface area contributed by atoms with Crippen molar-refractivity contribution in [3.05, 3.63) is 17.6 Å². The van der Waals surface area contributed by atoms with Crippen LogP contribution in [-0.4, -0.2) is 20.2 Å². The quantitative estimate of drug-likeness (QED) is 0.676. The molecule has 0 radical (unpaired) electrons. The van der Waals surface area contributed by atoms with Crippen LogP contribution in [0.5, 0.6) is 0 Å². The van der Waals surface area contributed by atoms with Gasteiger partial charge in [-0.1, -0.05) is 13.8 Å². The summed E-state index contributed by atoms with van der Waals surface area (Å²) in [5.74, 6) is 2.73. The molecule has 2 aromatic rings. The van der Waals surface area contributed by atoms with Crippen molar-refractivity contribution < 1.29 is 4.42 Å². The van der Waals surface area contributed by atoms with Gasteiger partial charge in [0.2, 0.25) is 0 Å². The Balaban J connectivity index is 2.25. The summed E-state index contributed by atoms with van der Waals surface area (Å²) >= 11 is 0. The van der Waals surface area contributed by atoms with E-state index in [0.29, 0.717) is 0 Å². The lowest BCUT2D eigenvalue weighted by Gasteiger charge is -2.20. The number of tetrazole rings is 1. The van der Waals surface area contributed by atoms with Gasteiger partial charge >= 0.3 is 0 Å². The summed E-state index contributed by atoms with van der Waals surface area (Å²) in [7, 11) is 0. The van der Waals surface area contributed by atoms with Crippen molar-refractivity contribution in [3.8, 4) is 11.4 Å². The average molecular weight is 218 g/mol. The summed E-state index contributed by atoms with van der Waals surface area (Å²) in [6, 6.07) is 2.01. The molecule has 84 valence electrons. The highest BCUT2D eigenvalue weighted by atomic mass is 16.3. The molecule has 0 unspecified atom stereocenters. The molecule has 0 amide bonds. The molecule has 0 spiro atoms. The molecule has 0 fully saturated rings. The van der Waals surface area contributed by atoms with Gasteiger partial charge in [-0.25, -0.2) is 4.68 Å². The first-order valence-electron chi connectivity index (χ1n) is 5.41. The van der Waals surface area contributed by atoms with Crippen LogP contribution in [0.15, 0.2) is 10.5 Å². The molecule has 2 aromatic heterocycles. The largest absolute Gasteiger partial charge is 0.466 e. The summed E-state index contributed by atoms with van der Waals surface area (Å²) in [5, 5.41) is 11.9. The van der Waals surface area contributed by atoms with Gasteiger partial charge in [-0.2, -0.15) is 0 Å². The van der Waals surface area contributed by atoms with Crippen LogP contribution in [0.4, 0.5) is 0 Å². The van der Waals surface area contributed by atoms with Crippen LogP contribution < -0.4 is 0 Å². The highest BCUT2D eigenvalue weighted by molar-refractivity contribution is 5.59. The van der Waals surface area contributed by atoms with Crippen molar-refractivity contribution >= 4 is 0 Å². The monoisotopic (exact) mass is 218 g/mol. The number of nitrogens with zero attached hydrogens (tertiary/aromatic N) is 4. The summed E-state index contributed by atoms with van der Waals surface area (Å²) < 4.78 is 7.60. The van der Waals surface area contributed by atoms with Crippen LogP contribution >= 0.6 is 0 Å². The second-order valence-corrected chi connectivity index (χ2v) is 5.20. The maximum Gasteiger partial charge on any atom is 0.185 e. The zero-order valence-corrected chi connectivity index (χ0v) is 9.69. The second-order valence-electron chi connectivity index (χ2n) is 5.20. The molecule has 3 rings (SSSR count). The van der Waals surface area contributed by atoms with E-state index >= 15 is 0 Å². The van der Waals surface area contributed by atoms with Crippen LogP contribution in [0.2, 0.25) is 0 Å². The molecule has 5 nitrogen and oxygen atoms in total. The van der Waals surface area contributed by atoms with E-state index < -0.39 is 0 Å². The fourth-order valence-corrected chi connectivity index (χ4v) is 2.28. The summed E-state index contributed by atoms with van der Waals surface area (Å²) in [6.45, 7) is 7.17. The Morgan fingerprint density at radius 2 is 2.25 bits per heavy atom. The lowest BCUT2D eigenvalue weighted by atomic mass is 9.88. The first-order chi connectivity index (χ1) is 7.55. The number of furan rings is 1. The van der Waals surface area contributed by atoms with Crippen LogP contribution in [-0.2, 0) is 13.0 Å². The van der Waals surface area contributed by atoms with Gasteiger partial charge in [0, 0.05) is 6.42 Å². The fraction of sp³-hybridized carbons (Fsp3) is 0.545. The van der Waals surface area contributed by atoms with Gasteiger partial charge in [-0.05, 0) is 28.8 Å². The van der Waals surface area contributed by atoms with Gasteiger partial charge < -0.3 is 4.42 Å². The molecular weight excluding hydrogens is 204 g/mol. The molecule has 0 aliphatic carbocycles. The van der Waals surface area contributed by atoms with Crippen LogP contribution in [0.3, 0.4) is 0 Å². The number of fused-ring (bicyclic) bond motifs is 3. The number of aryl methyl sites for hydroxylation is 1. The van der Waals surface area contributed by atoms with E-state index in [1.54, 1.807) is 0 Å². The van der Waals surface area contributed by atoms with Crippen molar-refractivity contribution in [2.45, 2.75) is 33.7 Å². The number of hydrogen-bond donors (Lipinski definition) is 0. The predicted octanol–water partition coefficient (Wildman–Crippen LogP) is 1.82. The highest BCUT2D eigenvalue weighted by Crippen LogP contribution is 2.35. The third-order valence-electron chi connectivity index (χ3n) is 2.92. The standard InChI is InChI=1S/C11H14N4O/c1-7-4-8-9(16-7)5-11(2,3)6-15-10(8)12-13-14-15/h4H,5-6H2,1-3H3. The number of aromatic nitrogens is 4. The third kappa shape index (κ3) is 1.35. The SMILES string of the molecule is Cc1cc2c(o1)CC(C)(C)Cn1nnnc1-2. The minimum absolute atomic E-state index is 0.111. The van der Waals surface area contributed by atoms with Crippen molar-refractivity contribution in [2.24, 2.45) is 5.41 Å². The van der Waals surface area contributed by atoms with Crippen LogP contribution in [0.1, 0.15) is 25.4 Å². The summed E-state index contributed by atoms with van der Waals surface area (Å²) in [4.78, 5) is 0. The zero-order chi connectivity index (χ0) is 11.3. The first-order valence-corrected chi connectivity index (χ1v) is 5.41. The molecule has 0 bridgehead atoms. The van der Waals surface area contributed by atoms with Crippen molar-refractivity contribution in [1.82, 2.24) is 20.2 Å². The Morgan fingerprint density at radius 3 is 3.06 bits per heavy atom. The smallest absolute Gasteiger partial charge is 0.185 e. The average Bonchev–Trinajstić information content (AvgIpc) is 2.69. The molecule has 0 atom stereocenters. The van der Waals surface area contributed by atoms with E-state index in [9.17, 15) is 0 Å². The Hall–Kier alpha value is -1.65. The zero-order valence-electron chi connectivity index (χ0n) is 9.69. The molecule has 5 heteroatoms. The molecule has 16 heavy (non-hydrogen) atoms. The summed E-state index contributed by atoms with van der Waals surface area (Å²) in [6.07, 6.45) is 0.904. The van der Waals surface area contributed by atoms with Crippen LogP contribution in [0, 0.1) is 12.3 Å². The van der Waals surface area contributed by atoms with E-state index in [0.717, 1.165) is 35.9 Å². The summed E-state index contributed by atoms with van der Waals surface area (Å²) in [5.41, 5.74) is 1.15. The molecule has 0 saturated heterocycles. The van der Waals surface area contributed by atoms with E-state index in [1.165, 1.54) is 0 Å². The molecule has 1 aliphatic rings. The van der Waals surface area contributed by atoms with E-state index in [1.807, 2.05) is 17.7 Å². The molecule has 1 aliphatic heterocycles. The predicted molar refractivity (Wildman–Crippen MR) is 57.7 cm³/mol. The minimum Gasteiger partial charge on any atom is -0.466 e. The van der Waals surface area contributed by atoms with Gasteiger partial charge in [0.1, 0.15) is 11.5 Å². The molecule has 0 N–H and O–H groups in total. The van der Waals surface area contributed by atoms with Gasteiger partial charge in [-0.3, -0.25) is 0 Å². The van der Waals surface area contributed by atoms with E-state index in [-0.39, 0.29) is 5.41 Å². The maximum absolute atomic E-state index is 5.74. The van der Waals surface area contributed by atoms with Crippen molar-refractivity contribution in [1.29, 1.82) is 0 Å². The topological polar surface area (TPSA) is 56.7 Å². The first kappa shape index (κ1) is 9.57. The molecule has 3 heterocycles. The molecule has 0 saturated carbocycles. The Bertz CT molecular complexity index is 538. The lowest BCUT2D eigenvalue weighted by Crippen LogP contribution is -2.21. The highest BCUT2D eigenvalue weighted by Gasteiger charge is 2.31. The van der Waals surface area contributed by atoms with Gasteiger partial charge in [0.05, 0.1) is 12.1 Å². The maximum atomic E-state index is 5.74. The van der Waals surface area contributed by atoms with Gasteiger partial charge in [0.15, 0.2) is 5.82 Å². The van der Waals surface area contributed by atoms with E-state index in [2.05, 4.69) is 29.4 Å². The Kier molecular flexibility index (Phi) is 1.75. The Labute approximate surface area is 93.5 Å². The van der Waals surface area contributed by atoms with Gasteiger partial charge in [-0.15, -0.1) is 5.10 Å². The Morgan fingerprint density at radius 1 is 1.44 bits per heavy atom. The molecule has 0 aromatic carbocycles. The molecular formula is C11H14N4O. The normalized spacial score (nSPS) is 17.7. The second kappa shape index (κ2) is 2.93. The van der Waals surface area contributed by atoms with Crippen LogP contribution in [0.25, 0.3) is 11.4 Å². The lowest BCUT2D eigenvalue weighted by molar-refractivity contribution is 0.272. The van der Waals surface area contributed by atoms with Crippen molar-refractivity contribution in [3.63, 3.8) is 0 Å². The van der Waals surface area contributed by atoms with Crippen molar-refractivity contribution in [2.75, 3.05) is 0 Å². The third-order valence-corrected chi connectivity index (χ3v) is 2.92. The number of hydrogen-bond acceptors (Lipinski definition) is 4. The fourth-order valence-electron chi connectivity index (χ4n) is 2.28. The number of rotatable bonds is 0. The van der Waals surface area contributed by atoms with E-state index in [4.69, 9.17) is 4.42 Å². The van der Waals surface area contributed by atoms with Gasteiger partial charge in [0.25, 0.3) is 0 Å².